The lowest BCUT2D eigenvalue weighted by Gasteiger charge is -2.14. The van der Waals surface area contributed by atoms with Crippen LogP contribution in [0.25, 0.3) is 10.8 Å². The summed E-state index contributed by atoms with van der Waals surface area (Å²) < 4.78 is 13.2. The van der Waals surface area contributed by atoms with Gasteiger partial charge in [0.2, 0.25) is 5.91 Å². The van der Waals surface area contributed by atoms with E-state index in [2.05, 4.69) is 19.7 Å². The summed E-state index contributed by atoms with van der Waals surface area (Å²) in [5.74, 6) is 1.88. The molecule has 0 aliphatic carbocycles. The Kier molecular flexibility index (Phi) is 6.08. The van der Waals surface area contributed by atoms with E-state index in [0.29, 0.717) is 18.7 Å². The molecular weight excluding hydrogens is 398 g/mol. The topological polar surface area (TPSA) is 109 Å². The van der Waals surface area contributed by atoms with Crippen molar-refractivity contribution >= 4 is 29.0 Å². The SMILES string of the molecule is NC(=O)CCc1nnc(SCc2csc(-c3ccco3)n2)n1CC1CCCO1. The molecule has 3 aromatic heterocycles. The largest absolute Gasteiger partial charge is 0.462 e. The zero-order chi connectivity index (χ0) is 19.3. The Morgan fingerprint density at radius 3 is 3.11 bits per heavy atom. The smallest absolute Gasteiger partial charge is 0.217 e. The molecule has 2 N–H and O–H groups in total. The summed E-state index contributed by atoms with van der Waals surface area (Å²) in [7, 11) is 0. The first-order chi connectivity index (χ1) is 13.7. The van der Waals surface area contributed by atoms with Crippen LogP contribution < -0.4 is 5.73 Å². The van der Waals surface area contributed by atoms with E-state index in [1.54, 1.807) is 29.4 Å². The Morgan fingerprint density at radius 2 is 2.36 bits per heavy atom. The van der Waals surface area contributed by atoms with Gasteiger partial charge in [0.05, 0.1) is 24.6 Å². The molecule has 4 rings (SSSR count). The van der Waals surface area contributed by atoms with Gasteiger partial charge in [-0.15, -0.1) is 21.5 Å². The molecule has 0 bridgehead atoms. The second-order valence-electron chi connectivity index (χ2n) is 6.52. The number of rotatable bonds is 9. The van der Waals surface area contributed by atoms with Crippen LogP contribution in [0.3, 0.4) is 0 Å². The molecule has 1 aliphatic rings. The normalized spacial score (nSPS) is 16.6. The van der Waals surface area contributed by atoms with Gasteiger partial charge in [-0.1, -0.05) is 11.8 Å². The molecule has 1 unspecified atom stereocenters. The number of hydrogen-bond donors (Lipinski definition) is 1. The number of thioether (sulfide) groups is 1. The van der Waals surface area contributed by atoms with Crippen LogP contribution >= 0.6 is 23.1 Å². The van der Waals surface area contributed by atoms with E-state index in [9.17, 15) is 4.79 Å². The second kappa shape index (κ2) is 8.89. The first kappa shape index (κ1) is 19.2. The maximum Gasteiger partial charge on any atom is 0.217 e. The van der Waals surface area contributed by atoms with Crippen LogP contribution in [0.2, 0.25) is 0 Å². The summed E-state index contributed by atoms with van der Waals surface area (Å²) in [6, 6.07) is 3.76. The van der Waals surface area contributed by atoms with Crippen LogP contribution in [0.15, 0.2) is 33.3 Å². The Balaban J connectivity index is 1.46. The number of aromatic nitrogens is 4. The highest BCUT2D eigenvalue weighted by Crippen LogP contribution is 2.28. The molecule has 1 saturated heterocycles. The van der Waals surface area contributed by atoms with Crippen molar-refractivity contribution in [3.05, 3.63) is 35.3 Å². The monoisotopic (exact) mass is 419 g/mol. The molecule has 4 heterocycles. The van der Waals surface area contributed by atoms with Crippen molar-refractivity contribution in [2.24, 2.45) is 5.73 Å². The number of nitrogens with zero attached hydrogens (tertiary/aromatic N) is 4. The second-order valence-corrected chi connectivity index (χ2v) is 8.32. The van der Waals surface area contributed by atoms with Gasteiger partial charge < -0.3 is 19.5 Å². The first-order valence-corrected chi connectivity index (χ1v) is 11.0. The third kappa shape index (κ3) is 4.62. The maximum absolute atomic E-state index is 11.2. The van der Waals surface area contributed by atoms with Gasteiger partial charge in [-0.3, -0.25) is 4.79 Å². The molecule has 10 heteroatoms. The van der Waals surface area contributed by atoms with Crippen LogP contribution in [0.4, 0.5) is 0 Å². The molecule has 1 aliphatic heterocycles. The van der Waals surface area contributed by atoms with Crippen LogP contribution in [-0.4, -0.2) is 38.4 Å². The number of furan rings is 1. The third-order valence-electron chi connectivity index (χ3n) is 4.43. The number of hydrogen-bond acceptors (Lipinski definition) is 8. The predicted octanol–water partition coefficient (Wildman–Crippen LogP) is 2.88. The Bertz CT molecular complexity index is 916. The highest BCUT2D eigenvalue weighted by atomic mass is 32.2. The van der Waals surface area contributed by atoms with Gasteiger partial charge in [0.25, 0.3) is 0 Å². The number of carbonyl (C=O) groups excluding carboxylic acids is 1. The Hall–Kier alpha value is -2.17. The molecule has 3 aromatic rings. The number of primary amides is 1. The molecule has 1 amide bonds. The average Bonchev–Trinajstić information content (AvgIpc) is 3.45. The van der Waals surface area contributed by atoms with Gasteiger partial charge in [0, 0.05) is 30.6 Å². The van der Waals surface area contributed by atoms with E-state index >= 15 is 0 Å². The van der Waals surface area contributed by atoms with Crippen molar-refractivity contribution in [1.29, 1.82) is 0 Å². The fourth-order valence-corrected chi connectivity index (χ4v) is 4.80. The number of aryl methyl sites for hydroxylation is 1. The first-order valence-electron chi connectivity index (χ1n) is 9.12. The number of ether oxygens (including phenoxy) is 1. The van der Waals surface area contributed by atoms with Crippen LogP contribution in [0.5, 0.6) is 0 Å². The fraction of sp³-hybridized carbons (Fsp3) is 0.444. The van der Waals surface area contributed by atoms with Crippen molar-refractivity contribution < 1.29 is 13.9 Å². The summed E-state index contributed by atoms with van der Waals surface area (Å²) >= 11 is 3.14. The number of carbonyl (C=O) groups is 1. The molecule has 0 spiro atoms. The minimum absolute atomic E-state index is 0.160. The van der Waals surface area contributed by atoms with E-state index in [0.717, 1.165) is 46.9 Å². The summed E-state index contributed by atoms with van der Waals surface area (Å²) in [6.07, 6.45) is 4.64. The summed E-state index contributed by atoms with van der Waals surface area (Å²) in [5, 5.41) is 12.3. The van der Waals surface area contributed by atoms with E-state index < -0.39 is 0 Å². The molecule has 28 heavy (non-hydrogen) atoms. The highest BCUT2D eigenvalue weighted by Gasteiger charge is 2.21. The lowest BCUT2D eigenvalue weighted by Crippen LogP contribution is -2.19. The summed E-state index contributed by atoms with van der Waals surface area (Å²) in [5.41, 5.74) is 6.26. The van der Waals surface area contributed by atoms with E-state index in [-0.39, 0.29) is 18.4 Å². The lowest BCUT2D eigenvalue weighted by molar-refractivity contribution is -0.118. The van der Waals surface area contributed by atoms with Gasteiger partial charge in [0.15, 0.2) is 15.9 Å². The highest BCUT2D eigenvalue weighted by molar-refractivity contribution is 7.98. The van der Waals surface area contributed by atoms with Crippen molar-refractivity contribution in [3.63, 3.8) is 0 Å². The van der Waals surface area contributed by atoms with Gasteiger partial charge in [0.1, 0.15) is 5.82 Å². The predicted molar refractivity (Wildman–Crippen MR) is 106 cm³/mol. The molecular formula is C18H21N5O3S2. The van der Waals surface area contributed by atoms with Crippen LogP contribution in [0, 0.1) is 0 Å². The molecule has 1 fully saturated rings. The molecule has 0 saturated carbocycles. The van der Waals surface area contributed by atoms with Crippen molar-refractivity contribution in [2.75, 3.05) is 6.61 Å². The number of amides is 1. The molecule has 0 radical (unpaired) electrons. The van der Waals surface area contributed by atoms with E-state index in [1.807, 2.05) is 17.5 Å². The molecule has 148 valence electrons. The Labute approximate surface area is 170 Å². The van der Waals surface area contributed by atoms with Crippen LogP contribution in [-0.2, 0) is 28.2 Å². The molecule has 1 atom stereocenters. The minimum atomic E-state index is -0.339. The fourth-order valence-electron chi connectivity index (χ4n) is 3.05. The van der Waals surface area contributed by atoms with Gasteiger partial charge in [-0.05, 0) is 25.0 Å². The van der Waals surface area contributed by atoms with Gasteiger partial charge >= 0.3 is 0 Å². The van der Waals surface area contributed by atoms with Gasteiger partial charge in [-0.2, -0.15) is 0 Å². The Morgan fingerprint density at radius 1 is 1.43 bits per heavy atom. The molecule has 8 nitrogen and oxygen atoms in total. The van der Waals surface area contributed by atoms with Crippen molar-refractivity contribution in [3.8, 4) is 10.8 Å². The third-order valence-corrected chi connectivity index (χ3v) is 6.34. The quantitative estimate of drug-likeness (QED) is 0.531. The molecule has 0 aromatic carbocycles. The van der Waals surface area contributed by atoms with Crippen LogP contribution in [0.1, 0.15) is 30.8 Å². The van der Waals surface area contributed by atoms with E-state index in [4.69, 9.17) is 14.9 Å². The lowest BCUT2D eigenvalue weighted by atomic mass is 10.2. The number of nitrogens with two attached hydrogens (primary N) is 1. The number of thiazole rings is 1. The standard InChI is InChI=1S/C18H21N5O3S2/c19-15(24)5-6-16-21-22-18(23(16)9-13-3-1-7-25-13)28-11-12-10-27-17(20-12)14-4-2-8-26-14/h2,4,8,10,13H,1,3,5-7,9,11H2,(H2,19,24). The zero-order valence-electron chi connectivity index (χ0n) is 15.2. The van der Waals surface area contributed by atoms with Gasteiger partial charge in [-0.25, -0.2) is 4.98 Å². The average molecular weight is 420 g/mol. The minimum Gasteiger partial charge on any atom is -0.462 e. The van der Waals surface area contributed by atoms with Crippen molar-refractivity contribution in [2.45, 2.75) is 49.2 Å². The summed E-state index contributed by atoms with van der Waals surface area (Å²) in [6.45, 7) is 1.48. The zero-order valence-corrected chi connectivity index (χ0v) is 16.9. The van der Waals surface area contributed by atoms with E-state index in [1.165, 1.54) is 0 Å². The summed E-state index contributed by atoms with van der Waals surface area (Å²) in [4.78, 5) is 15.8. The maximum atomic E-state index is 11.2. The van der Waals surface area contributed by atoms with Crippen molar-refractivity contribution in [1.82, 2.24) is 19.7 Å².